The molecule has 0 aliphatic heterocycles. The van der Waals surface area contributed by atoms with Gasteiger partial charge >= 0.3 is 0 Å². The first kappa shape index (κ1) is 22.7. The number of aryl methyl sites for hydroxylation is 2. The average Bonchev–Trinajstić information content (AvgIpc) is 3.31. The van der Waals surface area contributed by atoms with E-state index in [1.165, 1.54) is 0 Å². The van der Waals surface area contributed by atoms with Crippen LogP contribution in [0.5, 0.6) is 0 Å². The molecule has 0 atom stereocenters. The summed E-state index contributed by atoms with van der Waals surface area (Å²) < 4.78 is 0. The lowest BCUT2D eigenvalue weighted by Crippen LogP contribution is -2.31. The van der Waals surface area contributed by atoms with Crippen molar-refractivity contribution in [2.45, 2.75) is 13.8 Å². The summed E-state index contributed by atoms with van der Waals surface area (Å²) in [5, 5.41) is 6.13. The molecule has 5 rings (SSSR count). The van der Waals surface area contributed by atoms with Gasteiger partial charge in [-0.1, -0.05) is 48.5 Å². The Morgan fingerprint density at radius 2 is 1.69 bits per heavy atom. The van der Waals surface area contributed by atoms with Gasteiger partial charge in [-0.25, -0.2) is 9.97 Å². The summed E-state index contributed by atoms with van der Waals surface area (Å²) in [4.78, 5) is 29.8. The van der Waals surface area contributed by atoms with Crippen molar-refractivity contribution in [3.63, 3.8) is 0 Å². The fourth-order valence-corrected chi connectivity index (χ4v) is 5.08. The van der Waals surface area contributed by atoms with Crippen LogP contribution in [0, 0.1) is 13.8 Å². The summed E-state index contributed by atoms with van der Waals surface area (Å²) >= 11 is 1.58. The van der Waals surface area contributed by atoms with Crippen LogP contribution in [0.1, 0.15) is 11.1 Å². The highest BCUT2D eigenvalue weighted by molar-refractivity contribution is 7.17. The number of rotatable bonds is 6. The molecule has 0 radical (unpaired) electrons. The number of para-hydroxylation sites is 1. The molecular weight excluding hydrogens is 454 g/mol. The summed E-state index contributed by atoms with van der Waals surface area (Å²) in [5.41, 5.74) is 5.91. The zero-order valence-corrected chi connectivity index (χ0v) is 20.6. The number of thiophene rings is 1. The van der Waals surface area contributed by atoms with Crippen molar-refractivity contribution in [2.24, 2.45) is 0 Å². The number of benzene rings is 2. The minimum atomic E-state index is -0.101. The van der Waals surface area contributed by atoms with E-state index in [1.807, 2.05) is 74.3 Å². The van der Waals surface area contributed by atoms with E-state index in [1.54, 1.807) is 23.7 Å². The smallest absolute Gasteiger partial charge is 0.243 e. The van der Waals surface area contributed by atoms with Gasteiger partial charge in [0.15, 0.2) is 5.82 Å². The Kier molecular flexibility index (Phi) is 6.25. The van der Waals surface area contributed by atoms with Crippen LogP contribution in [0.4, 0.5) is 11.5 Å². The molecule has 6 nitrogen and oxygen atoms in total. The number of carbonyl (C=O) groups is 1. The number of nitrogens with zero attached hydrogens (tertiary/aromatic N) is 4. The molecule has 174 valence electrons. The van der Waals surface area contributed by atoms with Crippen LogP contribution in [0.25, 0.3) is 32.7 Å². The minimum Gasteiger partial charge on any atom is -0.350 e. The van der Waals surface area contributed by atoms with Crippen LogP contribution in [-0.4, -0.2) is 34.5 Å². The maximum Gasteiger partial charge on any atom is 0.243 e. The van der Waals surface area contributed by atoms with Crippen LogP contribution >= 0.6 is 11.3 Å². The first-order chi connectivity index (χ1) is 17.0. The van der Waals surface area contributed by atoms with Crippen molar-refractivity contribution in [1.29, 1.82) is 0 Å². The quantitative estimate of drug-likeness (QED) is 0.318. The molecule has 1 amide bonds. The van der Waals surface area contributed by atoms with Crippen LogP contribution in [0.3, 0.4) is 0 Å². The molecule has 3 aromatic heterocycles. The molecular formula is C28H25N5OS. The van der Waals surface area contributed by atoms with E-state index >= 15 is 0 Å². The van der Waals surface area contributed by atoms with E-state index in [9.17, 15) is 4.79 Å². The molecule has 7 heteroatoms. The number of hydrogen-bond donors (Lipinski definition) is 1. The highest BCUT2D eigenvalue weighted by atomic mass is 32.1. The van der Waals surface area contributed by atoms with Crippen molar-refractivity contribution in [3.8, 4) is 22.5 Å². The fraction of sp³-hybridized carbons (Fsp3) is 0.143. The van der Waals surface area contributed by atoms with Crippen LogP contribution in [0.15, 0.2) is 78.4 Å². The van der Waals surface area contributed by atoms with Gasteiger partial charge in [0, 0.05) is 41.6 Å². The number of carbonyl (C=O) groups excluding carboxylic acids is 1. The van der Waals surface area contributed by atoms with Gasteiger partial charge in [-0.15, -0.1) is 11.3 Å². The Balaban J connectivity index is 1.56. The Morgan fingerprint density at radius 1 is 0.943 bits per heavy atom. The van der Waals surface area contributed by atoms with Gasteiger partial charge < -0.3 is 10.2 Å². The number of fused-ring (bicyclic) bond motifs is 1. The lowest BCUT2D eigenvalue weighted by Gasteiger charge is -2.21. The standard InChI is InChI=1S/C28H25N5OS/c1-18-9-7-10-19(2)25(18)30-23(34)16-33(3)27-24-22(20-11-5-4-6-12-20)17-35-28(24)32-26(31-27)21-13-8-14-29-15-21/h4-15,17H,16H2,1-3H3,(H,30,34). The number of amides is 1. The van der Waals surface area contributed by atoms with Crippen molar-refractivity contribution in [1.82, 2.24) is 15.0 Å². The number of pyridine rings is 1. The van der Waals surface area contributed by atoms with Crippen molar-refractivity contribution < 1.29 is 4.79 Å². The monoisotopic (exact) mass is 479 g/mol. The van der Waals surface area contributed by atoms with E-state index in [4.69, 9.17) is 9.97 Å². The molecule has 0 fully saturated rings. The molecule has 1 N–H and O–H groups in total. The second kappa shape index (κ2) is 9.64. The normalized spacial score (nSPS) is 10.9. The molecule has 0 saturated heterocycles. The van der Waals surface area contributed by atoms with Crippen LogP contribution in [-0.2, 0) is 4.79 Å². The van der Waals surface area contributed by atoms with Crippen molar-refractivity contribution >= 4 is 39.0 Å². The fourth-order valence-electron chi connectivity index (χ4n) is 4.13. The number of hydrogen-bond acceptors (Lipinski definition) is 6. The van der Waals surface area contributed by atoms with Gasteiger partial charge in [0.05, 0.1) is 11.9 Å². The summed E-state index contributed by atoms with van der Waals surface area (Å²) in [6.07, 6.45) is 3.48. The van der Waals surface area contributed by atoms with Gasteiger partial charge in [-0.3, -0.25) is 9.78 Å². The average molecular weight is 480 g/mol. The topological polar surface area (TPSA) is 71.0 Å². The first-order valence-corrected chi connectivity index (χ1v) is 12.2. The van der Waals surface area contributed by atoms with Crippen molar-refractivity contribution in [3.05, 3.63) is 89.6 Å². The third kappa shape index (κ3) is 4.63. The highest BCUT2D eigenvalue weighted by Gasteiger charge is 2.20. The van der Waals surface area contributed by atoms with Crippen LogP contribution < -0.4 is 10.2 Å². The molecule has 0 spiro atoms. The molecule has 0 saturated carbocycles. The zero-order valence-electron chi connectivity index (χ0n) is 19.8. The van der Waals surface area contributed by atoms with Gasteiger partial charge in [-0.2, -0.15) is 0 Å². The second-order valence-electron chi connectivity index (χ2n) is 8.48. The summed E-state index contributed by atoms with van der Waals surface area (Å²) in [6, 6.07) is 20.0. The maximum absolute atomic E-state index is 13.1. The highest BCUT2D eigenvalue weighted by Crippen LogP contribution is 2.39. The Hall–Kier alpha value is -4.10. The van der Waals surface area contributed by atoms with Gasteiger partial charge in [0.1, 0.15) is 10.6 Å². The SMILES string of the molecule is Cc1cccc(C)c1NC(=O)CN(C)c1nc(-c2cccnc2)nc2scc(-c3ccccc3)c12. The first-order valence-electron chi connectivity index (χ1n) is 11.3. The van der Waals surface area contributed by atoms with E-state index in [2.05, 4.69) is 27.8 Å². The van der Waals surface area contributed by atoms with Gasteiger partial charge in [-0.05, 0) is 42.7 Å². The van der Waals surface area contributed by atoms with E-state index in [-0.39, 0.29) is 12.5 Å². The summed E-state index contributed by atoms with van der Waals surface area (Å²) in [7, 11) is 1.89. The second-order valence-corrected chi connectivity index (χ2v) is 9.34. The van der Waals surface area contributed by atoms with Gasteiger partial charge in [0.2, 0.25) is 5.91 Å². The molecule has 5 aromatic rings. The Bertz CT molecular complexity index is 1480. The lowest BCUT2D eigenvalue weighted by molar-refractivity contribution is -0.114. The Morgan fingerprint density at radius 3 is 2.40 bits per heavy atom. The molecule has 0 unspecified atom stereocenters. The number of likely N-dealkylation sites (N-methyl/N-ethyl adjacent to an activating group) is 1. The number of anilines is 2. The Labute approximate surface area is 208 Å². The third-order valence-corrected chi connectivity index (χ3v) is 6.78. The molecule has 0 bridgehead atoms. The summed E-state index contributed by atoms with van der Waals surface area (Å²) in [5.74, 6) is 1.20. The number of aromatic nitrogens is 3. The van der Waals surface area contributed by atoms with Gasteiger partial charge in [0.25, 0.3) is 0 Å². The lowest BCUT2D eigenvalue weighted by atomic mass is 10.1. The molecule has 0 aliphatic rings. The van der Waals surface area contributed by atoms with Crippen molar-refractivity contribution in [2.75, 3.05) is 23.8 Å². The summed E-state index contributed by atoms with van der Waals surface area (Å²) in [6.45, 7) is 4.15. The van der Waals surface area contributed by atoms with E-state index in [0.717, 1.165) is 43.7 Å². The largest absolute Gasteiger partial charge is 0.350 e. The minimum absolute atomic E-state index is 0.101. The molecule has 0 aliphatic carbocycles. The third-order valence-electron chi connectivity index (χ3n) is 5.91. The molecule has 2 aromatic carbocycles. The zero-order chi connectivity index (χ0) is 24.4. The molecule has 3 heterocycles. The van der Waals surface area contributed by atoms with E-state index in [0.29, 0.717) is 11.6 Å². The molecule has 35 heavy (non-hydrogen) atoms. The van der Waals surface area contributed by atoms with E-state index < -0.39 is 0 Å². The number of nitrogens with one attached hydrogen (secondary N) is 1. The predicted molar refractivity (Wildman–Crippen MR) is 144 cm³/mol. The predicted octanol–water partition coefficient (Wildman–Crippen LogP) is 6.11. The van der Waals surface area contributed by atoms with Crippen LogP contribution in [0.2, 0.25) is 0 Å². The maximum atomic E-state index is 13.1.